The van der Waals surface area contributed by atoms with Gasteiger partial charge in [0, 0.05) is 29.0 Å². The number of benzene rings is 2. The molecule has 5 aromatic rings. The van der Waals surface area contributed by atoms with Crippen molar-refractivity contribution in [2.45, 2.75) is 13.8 Å². The molecule has 0 atom stereocenters. The van der Waals surface area contributed by atoms with Crippen molar-refractivity contribution in [2.75, 3.05) is 16.0 Å². The van der Waals surface area contributed by atoms with Gasteiger partial charge in [-0.2, -0.15) is 0 Å². The number of para-hydroxylation sites is 1. The summed E-state index contributed by atoms with van der Waals surface area (Å²) in [5.74, 6) is 2.37. The number of carbonyl (C=O) groups excluding carboxylic acids is 1. The van der Waals surface area contributed by atoms with Crippen molar-refractivity contribution in [1.29, 1.82) is 0 Å². The van der Waals surface area contributed by atoms with E-state index in [1.54, 1.807) is 12.3 Å². The van der Waals surface area contributed by atoms with Gasteiger partial charge < -0.3 is 16.0 Å². The summed E-state index contributed by atoms with van der Waals surface area (Å²) in [6.07, 6.45) is 1.75. The molecule has 2 aromatic carbocycles. The zero-order valence-electron chi connectivity index (χ0n) is 19.3. The molecule has 3 N–H and O–H groups in total. The second kappa shape index (κ2) is 9.56. The molecule has 0 aliphatic carbocycles. The summed E-state index contributed by atoms with van der Waals surface area (Å²) in [4.78, 5) is 30.3. The van der Waals surface area contributed by atoms with E-state index >= 15 is 0 Å². The quantitative estimate of drug-likeness (QED) is 0.294. The van der Waals surface area contributed by atoms with Crippen LogP contribution in [0.4, 0.5) is 28.8 Å². The minimum absolute atomic E-state index is 0.261. The van der Waals surface area contributed by atoms with Crippen LogP contribution in [0.1, 0.15) is 21.9 Å². The first-order valence-electron chi connectivity index (χ1n) is 11.1. The summed E-state index contributed by atoms with van der Waals surface area (Å²) in [6, 6.07) is 24.4. The molecule has 0 aliphatic rings. The Bertz CT molecular complexity index is 1520. The largest absolute Gasteiger partial charge is 0.340 e. The average Bonchev–Trinajstić information content (AvgIpc) is 2.84. The molecule has 0 spiro atoms. The molecular formula is C27H23N7O. The van der Waals surface area contributed by atoms with E-state index in [1.165, 1.54) is 0 Å². The Hall–Kier alpha value is -4.85. The molecule has 0 aliphatic heterocycles. The van der Waals surface area contributed by atoms with Gasteiger partial charge in [0.25, 0.3) is 5.91 Å². The van der Waals surface area contributed by atoms with E-state index in [1.807, 2.05) is 86.6 Å². The van der Waals surface area contributed by atoms with E-state index in [-0.39, 0.29) is 5.91 Å². The third-order valence-corrected chi connectivity index (χ3v) is 5.26. The van der Waals surface area contributed by atoms with Crippen LogP contribution in [0.15, 0.2) is 85.1 Å². The molecule has 0 fully saturated rings. The van der Waals surface area contributed by atoms with Gasteiger partial charge in [0.15, 0.2) is 0 Å². The number of carbonyl (C=O) groups is 1. The van der Waals surface area contributed by atoms with Gasteiger partial charge in [-0.1, -0.05) is 24.3 Å². The fourth-order valence-corrected chi connectivity index (χ4v) is 3.60. The molecular weight excluding hydrogens is 438 g/mol. The Morgan fingerprint density at radius 2 is 1.46 bits per heavy atom. The normalized spacial score (nSPS) is 10.7. The maximum absolute atomic E-state index is 12.7. The summed E-state index contributed by atoms with van der Waals surface area (Å²) in [6.45, 7) is 3.84. The van der Waals surface area contributed by atoms with Crippen molar-refractivity contribution >= 4 is 45.6 Å². The number of nitrogens with zero attached hydrogens (tertiary/aromatic N) is 4. The van der Waals surface area contributed by atoms with Crippen LogP contribution < -0.4 is 16.0 Å². The fourth-order valence-electron chi connectivity index (χ4n) is 3.60. The van der Waals surface area contributed by atoms with Gasteiger partial charge in [0.05, 0.1) is 5.52 Å². The number of anilines is 5. The van der Waals surface area contributed by atoms with E-state index in [2.05, 4.69) is 35.9 Å². The highest BCUT2D eigenvalue weighted by Gasteiger charge is 2.09. The predicted molar refractivity (Wildman–Crippen MR) is 138 cm³/mol. The Balaban J connectivity index is 1.26. The zero-order valence-corrected chi connectivity index (χ0v) is 19.3. The zero-order chi connectivity index (χ0) is 24.2. The first-order valence-corrected chi connectivity index (χ1v) is 11.1. The summed E-state index contributed by atoms with van der Waals surface area (Å²) >= 11 is 0. The number of aryl methyl sites for hydroxylation is 2. The first kappa shape index (κ1) is 22.0. The van der Waals surface area contributed by atoms with Gasteiger partial charge in [0.2, 0.25) is 0 Å². The second-order valence-corrected chi connectivity index (χ2v) is 8.07. The van der Waals surface area contributed by atoms with Crippen molar-refractivity contribution in [3.05, 3.63) is 102 Å². The Kier molecular flexibility index (Phi) is 6.00. The number of rotatable bonds is 6. The smallest absolute Gasteiger partial charge is 0.274 e. The molecule has 0 radical (unpaired) electrons. The molecule has 35 heavy (non-hydrogen) atoms. The number of amides is 1. The minimum Gasteiger partial charge on any atom is -0.340 e. The predicted octanol–water partition coefficient (Wildman–Crippen LogP) is 5.78. The van der Waals surface area contributed by atoms with E-state index in [0.717, 1.165) is 28.0 Å². The highest BCUT2D eigenvalue weighted by Crippen LogP contribution is 2.22. The Morgan fingerprint density at radius 3 is 2.26 bits per heavy atom. The highest BCUT2D eigenvalue weighted by atomic mass is 16.1. The average molecular weight is 462 g/mol. The van der Waals surface area contributed by atoms with Gasteiger partial charge >= 0.3 is 0 Å². The van der Waals surface area contributed by atoms with E-state index in [0.29, 0.717) is 28.8 Å². The lowest BCUT2D eigenvalue weighted by Gasteiger charge is -2.11. The van der Waals surface area contributed by atoms with Crippen molar-refractivity contribution in [3.63, 3.8) is 0 Å². The van der Waals surface area contributed by atoms with E-state index < -0.39 is 0 Å². The standard InChI is InChI=1S/C27H23N7O/c1-17-13-14-28-24(15-17)34-26-16-25(29-18(2)30-26)31-20-8-10-21(11-9-20)32-27(35)23-12-7-19-5-3-4-6-22(19)33-23/h3-16H,1-2H3,(H,32,35)(H2,28,29,30,31,34). The molecule has 8 nitrogen and oxygen atoms in total. The maximum atomic E-state index is 12.7. The van der Waals surface area contributed by atoms with Crippen LogP contribution in [0, 0.1) is 13.8 Å². The molecule has 8 heteroatoms. The molecule has 0 saturated heterocycles. The molecule has 5 rings (SSSR count). The maximum Gasteiger partial charge on any atom is 0.274 e. The molecule has 172 valence electrons. The van der Waals surface area contributed by atoms with Crippen molar-refractivity contribution in [3.8, 4) is 0 Å². The third-order valence-electron chi connectivity index (χ3n) is 5.26. The topological polar surface area (TPSA) is 105 Å². The van der Waals surface area contributed by atoms with E-state index in [9.17, 15) is 4.79 Å². The summed E-state index contributed by atoms with van der Waals surface area (Å²) in [5, 5.41) is 10.4. The molecule has 3 heterocycles. The first-order chi connectivity index (χ1) is 17.0. The number of hydrogen-bond donors (Lipinski definition) is 3. The second-order valence-electron chi connectivity index (χ2n) is 8.07. The van der Waals surface area contributed by atoms with Gasteiger partial charge in [-0.3, -0.25) is 4.79 Å². The van der Waals surface area contributed by atoms with Crippen molar-refractivity contribution < 1.29 is 4.79 Å². The third kappa shape index (κ3) is 5.39. The number of nitrogens with one attached hydrogen (secondary N) is 3. The molecule has 0 unspecified atom stereocenters. The molecule has 0 bridgehead atoms. The van der Waals surface area contributed by atoms with Crippen LogP contribution >= 0.6 is 0 Å². The monoisotopic (exact) mass is 461 g/mol. The Morgan fingerprint density at radius 1 is 0.714 bits per heavy atom. The number of fused-ring (bicyclic) bond motifs is 1. The number of hydrogen-bond acceptors (Lipinski definition) is 7. The molecule has 1 amide bonds. The molecule has 3 aromatic heterocycles. The van der Waals surface area contributed by atoms with Crippen molar-refractivity contribution in [1.82, 2.24) is 19.9 Å². The van der Waals surface area contributed by atoms with Crippen LogP contribution in [0.3, 0.4) is 0 Å². The van der Waals surface area contributed by atoms with Crippen LogP contribution in [0.2, 0.25) is 0 Å². The van der Waals surface area contributed by atoms with E-state index in [4.69, 9.17) is 0 Å². The van der Waals surface area contributed by atoms with Crippen LogP contribution in [-0.4, -0.2) is 25.8 Å². The van der Waals surface area contributed by atoms with Gasteiger partial charge in [-0.25, -0.2) is 19.9 Å². The number of pyridine rings is 2. The Labute approximate surface area is 202 Å². The van der Waals surface area contributed by atoms with Gasteiger partial charge in [0.1, 0.15) is 29.0 Å². The van der Waals surface area contributed by atoms with Crippen molar-refractivity contribution in [2.24, 2.45) is 0 Å². The number of aromatic nitrogens is 4. The van der Waals surface area contributed by atoms with Gasteiger partial charge in [-0.15, -0.1) is 0 Å². The lowest BCUT2D eigenvalue weighted by Crippen LogP contribution is -2.13. The lowest BCUT2D eigenvalue weighted by molar-refractivity contribution is 0.102. The summed E-state index contributed by atoms with van der Waals surface area (Å²) < 4.78 is 0. The fraction of sp³-hybridized carbons (Fsp3) is 0.0741. The van der Waals surface area contributed by atoms with Crippen LogP contribution in [0.25, 0.3) is 10.9 Å². The molecule has 0 saturated carbocycles. The van der Waals surface area contributed by atoms with Crippen LogP contribution in [0.5, 0.6) is 0 Å². The summed E-state index contributed by atoms with van der Waals surface area (Å²) in [7, 11) is 0. The SMILES string of the molecule is Cc1ccnc(Nc2cc(Nc3ccc(NC(=O)c4ccc5ccccc5n4)cc3)nc(C)n2)c1. The van der Waals surface area contributed by atoms with Gasteiger partial charge in [-0.05, 0) is 67.9 Å². The highest BCUT2D eigenvalue weighted by molar-refractivity contribution is 6.04. The summed E-state index contributed by atoms with van der Waals surface area (Å²) in [5.41, 5.74) is 3.75. The minimum atomic E-state index is -0.261. The van der Waals surface area contributed by atoms with Crippen LogP contribution in [-0.2, 0) is 0 Å². The lowest BCUT2D eigenvalue weighted by atomic mass is 10.2.